The fourth-order valence-electron chi connectivity index (χ4n) is 2.05. The Balaban J connectivity index is 2.08. The molecule has 0 spiro atoms. The van der Waals surface area contributed by atoms with E-state index in [0.29, 0.717) is 12.3 Å². The van der Waals surface area contributed by atoms with Crippen molar-refractivity contribution in [2.75, 3.05) is 31.7 Å². The molecule has 0 radical (unpaired) electrons. The first kappa shape index (κ1) is 12.7. The van der Waals surface area contributed by atoms with E-state index < -0.39 is 0 Å². The molecule has 1 aliphatic rings. The van der Waals surface area contributed by atoms with E-state index in [1.165, 1.54) is 6.20 Å². The van der Waals surface area contributed by atoms with Crippen molar-refractivity contribution in [2.45, 2.75) is 19.1 Å². The molecule has 6 heteroatoms. The van der Waals surface area contributed by atoms with Gasteiger partial charge in [-0.3, -0.25) is 0 Å². The maximum atomic E-state index is 8.69. The molecule has 2 unspecified atom stereocenters. The van der Waals surface area contributed by atoms with Gasteiger partial charge in [-0.15, -0.1) is 0 Å². The van der Waals surface area contributed by atoms with Gasteiger partial charge in [-0.05, 0) is 6.92 Å². The second-order valence-corrected chi connectivity index (χ2v) is 4.30. The summed E-state index contributed by atoms with van der Waals surface area (Å²) < 4.78 is 10.9. The predicted octanol–water partition coefficient (Wildman–Crippen LogP) is 0.588. The van der Waals surface area contributed by atoms with Crippen molar-refractivity contribution in [3.8, 4) is 6.07 Å². The van der Waals surface area contributed by atoms with Crippen LogP contribution in [-0.4, -0.2) is 49.0 Å². The molecule has 1 saturated heterocycles. The maximum absolute atomic E-state index is 8.69. The molecule has 96 valence electrons. The van der Waals surface area contributed by atoms with E-state index in [4.69, 9.17) is 14.7 Å². The van der Waals surface area contributed by atoms with E-state index in [9.17, 15) is 0 Å². The van der Waals surface area contributed by atoms with Gasteiger partial charge in [0.1, 0.15) is 11.9 Å². The van der Waals surface area contributed by atoms with Crippen LogP contribution in [0, 0.1) is 11.3 Å². The molecule has 1 fully saturated rings. The molecular formula is C12H16N4O2. The van der Waals surface area contributed by atoms with E-state index in [1.54, 1.807) is 13.3 Å². The van der Waals surface area contributed by atoms with Crippen LogP contribution >= 0.6 is 0 Å². The van der Waals surface area contributed by atoms with Crippen LogP contribution in [0.15, 0.2) is 12.4 Å². The largest absolute Gasteiger partial charge is 0.382 e. The summed E-state index contributed by atoms with van der Waals surface area (Å²) in [5.74, 6) is 0.769. The van der Waals surface area contributed by atoms with Gasteiger partial charge in [0, 0.05) is 20.2 Å². The van der Waals surface area contributed by atoms with Crippen LogP contribution in [0.25, 0.3) is 0 Å². The smallest absolute Gasteiger partial charge is 0.158 e. The van der Waals surface area contributed by atoms with Crippen LogP contribution in [0.3, 0.4) is 0 Å². The Hall–Kier alpha value is -1.71. The highest BCUT2D eigenvalue weighted by Crippen LogP contribution is 2.17. The van der Waals surface area contributed by atoms with Gasteiger partial charge >= 0.3 is 0 Å². The van der Waals surface area contributed by atoms with Crippen LogP contribution in [0.4, 0.5) is 5.82 Å². The third kappa shape index (κ3) is 2.94. The fourth-order valence-corrected chi connectivity index (χ4v) is 2.05. The van der Waals surface area contributed by atoms with Gasteiger partial charge in [-0.1, -0.05) is 0 Å². The summed E-state index contributed by atoms with van der Waals surface area (Å²) in [6.07, 6.45) is 3.27. The molecule has 1 aromatic heterocycles. The minimum absolute atomic E-state index is 0.0381. The molecule has 0 N–H and O–H groups in total. The predicted molar refractivity (Wildman–Crippen MR) is 65.2 cm³/mol. The average Bonchev–Trinajstić information content (AvgIpc) is 2.38. The Labute approximate surface area is 106 Å². The highest BCUT2D eigenvalue weighted by molar-refractivity contribution is 5.38. The van der Waals surface area contributed by atoms with Crippen LogP contribution in [0.1, 0.15) is 12.6 Å². The standard InChI is InChI=1S/C12H16N4O2/c1-9-6-16(7-11(18-9)8-17-2)12-5-14-10(3-13)4-15-12/h4-5,9,11H,6-8H2,1-2H3. The van der Waals surface area contributed by atoms with E-state index >= 15 is 0 Å². The number of hydrogen-bond acceptors (Lipinski definition) is 6. The zero-order valence-corrected chi connectivity index (χ0v) is 10.5. The molecule has 0 aliphatic carbocycles. The molecule has 1 aromatic rings. The molecule has 2 rings (SSSR count). The monoisotopic (exact) mass is 248 g/mol. The molecule has 6 nitrogen and oxygen atoms in total. The fraction of sp³-hybridized carbons (Fsp3) is 0.583. The van der Waals surface area contributed by atoms with E-state index in [0.717, 1.165) is 18.9 Å². The summed E-state index contributed by atoms with van der Waals surface area (Å²) in [5, 5.41) is 8.69. The van der Waals surface area contributed by atoms with Gasteiger partial charge in [0.15, 0.2) is 5.69 Å². The lowest BCUT2D eigenvalue weighted by Gasteiger charge is -2.37. The van der Waals surface area contributed by atoms with Crippen LogP contribution in [-0.2, 0) is 9.47 Å². The van der Waals surface area contributed by atoms with Crippen LogP contribution in [0.2, 0.25) is 0 Å². The Morgan fingerprint density at radius 3 is 2.94 bits per heavy atom. The zero-order chi connectivity index (χ0) is 13.0. The molecule has 18 heavy (non-hydrogen) atoms. The van der Waals surface area contributed by atoms with Gasteiger partial charge in [0.2, 0.25) is 0 Å². The normalized spacial score (nSPS) is 23.7. The first-order valence-electron chi connectivity index (χ1n) is 5.84. The second kappa shape index (κ2) is 5.76. The summed E-state index contributed by atoms with van der Waals surface area (Å²) >= 11 is 0. The highest BCUT2D eigenvalue weighted by Gasteiger charge is 2.26. The minimum Gasteiger partial charge on any atom is -0.382 e. The molecule has 0 amide bonds. The van der Waals surface area contributed by atoms with Crippen molar-refractivity contribution in [3.05, 3.63) is 18.1 Å². The zero-order valence-electron chi connectivity index (χ0n) is 10.5. The number of nitriles is 1. The Bertz CT molecular complexity index is 429. The molecule has 1 aliphatic heterocycles. The van der Waals surface area contributed by atoms with E-state index in [1.807, 2.05) is 13.0 Å². The maximum Gasteiger partial charge on any atom is 0.158 e. The summed E-state index contributed by atoms with van der Waals surface area (Å²) in [4.78, 5) is 10.4. The third-order valence-electron chi connectivity index (χ3n) is 2.76. The van der Waals surface area contributed by atoms with Crippen molar-refractivity contribution in [3.63, 3.8) is 0 Å². The first-order chi connectivity index (χ1) is 8.72. The SMILES string of the molecule is COCC1CN(c2cnc(C#N)cn2)CC(C)O1. The quantitative estimate of drug-likeness (QED) is 0.779. The molecule has 0 saturated carbocycles. The van der Waals surface area contributed by atoms with Gasteiger partial charge < -0.3 is 14.4 Å². The Kier molecular flexibility index (Phi) is 4.07. The molecular weight excluding hydrogens is 232 g/mol. The lowest BCUT2D eigenvalue weighted by Crippen LogP contribution is -2.48. The number of hydrogen-bond donors (Lipinski definition) is 0. The van der Waals surface area contributed by atoms with Crippen LogP contribution in [0.5, 0.6) is 0 Å². The second-order valence-electron chi connectivity index (χ2n) is 4.30. The number of nitrogens with zero attached hydrogens (tertiary/aromatic N) is 4. The first-order valence-corrected chi connectivity index (χ1v) is 5.84. The molecule has 0 bridgehead atoms. The number of morpholine rings is 1. The van der Waals surface area contributed by atoms with Crippen molar-refractivity contribution in [1.29, 1.82) is 5.26 Å². The van der Waals surface area contributed by atoms with Crippen molar-refractivity contribution < 1.29 is 9.47 Å². The summed E-state index contributed by atoms with van der Waals surface area (Å²) in [7, 11) is 1.66. The lowest BCUT2D eigenvalue weighted by atomic mass is 10.2. The summed E-state index contributed by atoms with van der Waals surface area (Å²) in [6.45, 7) is 4.07. The Morgan fingerprint density at radius 2 is 2.33 bits per heavy atom. The number of rotatable bonds is 3. The minimum atomic E-state index is 0.0381. The molecule has 2 heterocycles. The van der Waals surface area contributed by atoms with Gasteiger partial charge in [0.25, 0.3) is 0 Å². The summed E-state index contributed by atoms with van der Waals surface area (Å²) in [5.41, 5.74) is 0.327. The van der Waals surface area contributed by atoms with Gasteiger partial charge in [-0.2, -0.15) is 5.26 Å². The topological polar surface area (TPSA) is 71.3 Å². The number of ether oxygens (including phenoxy) is 2. The molecule has 2 atom stereocenters. The lowest BCUT2D eigenvalue weighted by molar-refractivity contribution is -0.0512. The highest BCUT2D eigenvalue weighted by atomic mass is 16.5. The number of anilines is 1. The van der Waals surface area contributed by atoms with E-state index in [-0.39, 0.29) is 12.2 Å². The third-order valence-corrected chi connectivity index (χ3v) is 2.76. The van der Waals surface area contributed by atoms with Gasteiger partial charge in [-0.25, -0.2) is 9.97 Å². The molecule has 0 aromatic carbocycles. The van der Waals surface area contributed by atoms with Gasteiger partial charge in [0.05, 0.1) is 31.2 Å². The van der Waals surface area contributed by atoms with Crippen molar-refractivity contribution in [1.82, 2.24) is 9.97 Å². The average molecular weight is 248 g/mol. The van der Waals surface area contributed by atoms with Crippen molar-refractivity contribution in [2.24, 2.45) is 0 Å². The Morgan fingerprint density at radius 1 is 1.50 bits per heavy atom. The number of aromatic nitrogens is 2. The summed E-state index contributed by atoms with van der Waals surface area (Å²) in [6, 6.07) is 1.96. The van der Waals surface area contributed by atoms with Crippen molar-refractivity contribution >= 4 is 5.82 Å². The van der Waals surface area contributed by atoms with E-state index in [2.05, 4.69) is 14.9 Å². The van der Waals surface area contributed by atoms with Crippen LogP contribution < -0.4 is 4.90 Å². The number of methoxy groups -OCH3 is 1.